The van der Waals surface area contributed by atoms with Crippen LogP contribution in [0.4, 0.5) is 0 Å². The van der Waals surface area contributed by atoms with Gasteiger partial charge in [-0.25, -0.2) is 13.4 Å². The predicted octanol–water partition coefficient (Wildman–Crippen LogP) is 0.822. The average Bonchev–Trinajstić information content (AvgIpc) is 2.69. The molecule has 1 N–H and O–H groups in total. The molecule has 17 heavy (non-hydrogen) atoms. The van der Waals surface area contributed by atoms with Crippen molar-refractivity contribution in [2.75, 3.05) is 13.1 Å². The summed E-state index contributed by atoms with van der Waals surface area (Å²) in [5.74, 6) is 0. The number of rotatable bonds is 2. The van der Waals surface area contributed by atoms with Gasteiger partial charge < -0.3 is 5.32 Å². The number of thiazole rings is 1. The fourth-order valence-electron chi connectivity index (χ4n) is 1.94. The Balaban J connectivity index is 2.32. The Kier molecular flexibility index (Phi) is 3.53. The van der Waals surface area contributed by atoms with Gasteiger partial charge in [-0.2, -0.15) is 4.31 Å². The number of nitrogens with one attached hydrogen (secondary N) is 1. The van der Waals surface area contributed by atoms with Crippen molar-refractivity contribution in [3.05, 3.63) is 11.2 Å². The van der Waals surface area contributed by atoms with Gasteiger partial charge in [0.1, 0.15) is 0 Å². The number of piperazine rings is 1. The minimum absolute atomic E-state index is 0.0313. The maximum absolute atomic E-state index is 12.4. The average molecular weight is 275 g/mol. The Hall–Kier alpha value is -0.500. The quantitative estimate of drug-likeness (QED) is 0.868. The first-order valence-electron chi connectivity index (χ1n) is 5.60. The Morgan fingerprint density at radius 1 is 1.53 bits per heavy atom. The van der Waals surface area contributed by atoms with E-state index in [1.807, 2.05) is 20.8 Å². The zero-order valence-corrected chi connectivity index (χ0v) is 11.8. The first-order valence-corrected chi connectivity index (χ1v) is 7.86. The van der Waals surface area contributed by atoms with Crippen LogP contribution in [0.15, 0.2) is 10.4 Å². The van der Waals surface area contributed by atoms with Crippen molar-refractivity contribution in [1.82, 2.24) is 14.6 Å². The summed E-state index contributed by atoms with van der Waals surface area (Å²) in [6.07, 6.45) is 1.45. The zero-order chi connectivity index (χ0) is 12.6. The summed E-state index contributed by atoms with van der Waals surface area (Å²) < 4.78 is 26.8. The van der Waals surface area contributed by atoms with E-state index in [4.69, 9.17) is 0 Å². The summed E-state index contributed by atoms with van der Waals surface area (Å²) in [6, 6.07) is 0.142. The second-order valence-electron chi connectivity index (χ2n) is 4.30. The molecule has 0 bridgehead atoms. The van der Waals surface area contributed by atoms with Crippen LogP contribution in [-0.4, -0.2) is 42.9 Å². The maximum Gasteiger partial charge on any atom is 0.254 e. The third-order valence-electron chi connectivity index (χ3n) is 3.14. The molecule has 1 aliphatic heterocycles. The van der Waals surface area contributed by atoms with E-state index < -0.39 is 10.0 Å². The van der Waals surface area contributed by atoms with Gasteiger partial charge in [0.05, 0.1) is 11.2 Å². The first-order chi connectivity index (χ1) is 7.93. The smallest absolute Gasteiger partial charge is 0.254 e. The third-order valence-corrected chi connectivity index (χ3v) is 6.48. The molecular weight excluding hydrogens is 258 g/mol. The van der Waals surface area contributed by atoms with Gasteiger partial charge in [-0.15, -0.1) is 11.3 Å². The zero-order valence-electron chi connectivity index (χ0n) is 10.2. The Labute approximate surface area is 106 Å². The van der Waals surface area contributed by atoms with Crippen molar-refractivity contribution < 1.29 is 8.42 Å². The topological polar surface area (TPSA) is 62.3 Å². The molecular formula is C10H17N3O2S2. The van der Waals surface area contributed by atoms with E-state index in [-0.39, 0.29) is 12.1 Å². The molecule has 1 aromatic rings. The van der Waals surface area contributed by atoms with Crippen molar-refractivity contribution in [2.24, 2.45) is 0 Å². The highest BCUT2D eigenvalue weighted by atomic mass is 32.2. The minimum Gasteiger partial charge on any atom is -0.311 e. The molecule has 2 rings (SSSR count). The van der Waals surface area contributed by atoms with E-state index in [2.05, 4.69) is 10.3 Å². The van der Waals surface area contributed by atoms with E-state index in [9.17, 15) is 8.42 Å². The molecule has 0 radical (unpaired) electrons. The molecule has 0 saturated carbocycles. The third kappa shape index (κ3) is 2.37. The van der Waals surface area contributed by atoms with Crippen LogP contribution in [0.25, 0.3) is 0 Å². The molecule has 2 unspecified atom stereocenters. The van der Waals surface area contributed by atoms with Gasteiger partial charge >= 0.3 is 0 Å². The van der Waals surface area contributed by atoms with E-state index in [0.717, 1.165) is 5.01 Å². The van der Waals surface area contributed by atoms with E-state index in [1.54, 1.807) is 4.31 Å². The largest absolute Gasteiger partial charge is 0.311 e. The number of nitrogens with zero attached hydrogens (tertiary/aromatic N) is 2. The number of hydrogen-bond donors (Lipinski definition) is 1. The summed E-state index contributed by atoms with van der Waals surface area (Å²) in [6.45, 7) is 6.97. The normalized spacial score (nSPS) is 27.2. The van der Waals surface area contributed by atoms with Gasteiger partial charge in [-0.1, -0.05) is 0 Å². The number of aryl methyl sites for hydroxylation is 1. The van der Waals surface area contributed by atoms with Crippen molar-refractivity contribution in [2.45, 2.75) is 37.1 Å². The Morgan fingerprint density at radius 3 is 2.82 bits per heavy atom. The summed E-state index contributed by atoms with van der Waals surface area (Å²) >= 11 is 1.23. The second-order valence-corrected chi connectivity index (χ2v) is 7.65. The molecule has 0 aliphatic carbocycles. The van der Waals surface area contributed by atoms with Crippen LogP contribution in [0.3, 0.4) is 0 Å². The lowest BCUT2D eigenvalue weighted by atomic mass is 10.1. The van der Waals surface area contributed by atoms with Crippen LogP contribution >= 0.6 is 11.3 Å². The first kappa shape index (κ1) is 12.9. The van der Waals surface area contributed by atoms with E-state index >= 15 is 0 Å². The van der Waals surface area contributed by atoms with Crippen molar-refractivity contribution in [3.63, 3.8) is 0 Å². The van der Waals surface area contributed by atoms with E-state index in [1.165, 1.54) is 17.5 Å². The highest BCUT2D eigenvalue weighted by Crippen LogP contribution is 2.25. The van der Waals surface area contributed by atoms with Crippen LogP contribution in [0.1, 0.15) is 18.9 Å². The molecule has 1 saturated heterocycles. The van der Waals surface area contributed by atoms with Gasteiger partial charge in [0.15, 0.2) is 4.21 Å². The van der Waals surface area contributed by atoms with Crippen LogP contribution < -0.4 is 5.32 Å². The highest BCUT2D eigenvalue weighted by molar-refractivity contribution is 7.91. The molecule has 0 spiro atoms. The van der Waals surface area contributed by atoms with Crippen LogP contribution in [-0.2, 0) is 10.0 Å². The molecule has 5 nitrogen and oxygen atoms in total. The summed E-state index contributed by atoms with van der Waals surface area (Å²) in [7, 11) is -3.37. The summed E-state index contributed by atoms with van der Waals surface area (Å²) in [4.78, 5) is 4.02. The van der Waals surface area contributed by atoms with Crippen LogP contribution in [0.5, 0.6) is 0 Å². The number of sulfonamides is 1. The minimum atomic E-state index is -3.37. The SMILES string of the molecule is Cc1ncc(S(=O)(=O)N2CCNC(C)C2C)s1. The molecule has 1 aromatic heterocycles. The van der Waals surface area contributed by atoms with Gasteiger partial charge in [-0.3, -0.25) is 0 Å². The second kappa shape index (κ2) is 4.64. The lowest BCUT2D eigenvalue weighted by molar-refractivity contribution is 0.233. The fourth-order valence-corrected chi connectivity index (χ4v) is 4.88. The Bertz CT molecular complexity index is 497. The van der Waals surface area contributed by atoms with Crippen LogP contribution in [0.2, 0.25) is 0 Å². The van der Waals surface area contributed by atoms with E-state index in [0.29, 0.717) is 17.3 Å². The van der Waals surface area contributed by atoms with Crippen molar-refractivity contribution in [1.29, 1.82) is 0 Å². The fraction of sp³-hybridized carbons (Fsp3) is 0.700. The molecule has 0 aromatic carbocycles. The summed E-state index contributed by atoms with van der Waals surface area (Å²) in [5, 5.41) is 4.05. The number of hydrogen-bond acceptors (Lipinski definition) is 5. The van der Waals surface area contributed by atoms with Crippen molar-refractivity contribution in [3.8, 4) is 0 Å². The van der Waals surface area contributed by atoms with Gasteiger partial charge in [0.25, 0.3) is 10.0 Å². The molecule has 2 heterocycles. The molecule has 1 fully saturated rings. The predicted molar refractivity (Wildman–Crippen MR) is 67.7 cm³/mol. The monoisotopic (exact) mass is 275 g/mol. The Morgan fingerprint density at radius 2 is 2.24 bits per heavy atom. The molecule has 1 aliphatic rings. The van der Waals surface area contributed by atoms with Gasteiger partial charge in [0.2, 0.25) is 0 Å². The lowest BCUT2D eigenvalue weighted by Crippen LogP contribution is -2.56. The molecule has 96 valence electrons. The lowest BCUT2D eigenvalue weighted by Gasteiger charge is -2.37. The van der Waals surface area contributed by atoms with Gasteiger partial charge in [-0.05, 0) is 20.8 Å². The molecule has 0 amide bonds. The van der Waals surface area contributed by atoms with Gasteiger partial charge in [0, 0.05) is 25.2 Å². The van der Waals surface area contributed by atoms with Crippen molar-refractivity contribution >= 4 is 21.4 Å². The number of aromatic nitrogens is 1. The summed E-state index contributed by atoms with van der Waals surface area (Å²) in [5.41, 5.74) is 0. The van der Waals surface area contributed by atoms with Crippen LogP contribution in [0, 0.1) is 6.92 Å². The molecule has 2 atom stereocenters. The standard InChI is InChI=1S/C10H17N3O2S2/c1-7-8(2)13(5-4-11-7)17(14,15)10-6-12-9(3)16-10/h6-8,11H,4-5H2,1-3H3. The maximum atomic E-state index is 12.4. The molecule has 7 heteroatoms. The highest BCUT2D eigenvalue weighted by Gasteiger charge is 2.35.